The van der Waals surface area contributed by atoms with E-state index in [4.69, 9.17) is 23.2 Å². The van der Waals surface area contributed by atoms with Crippen molar-refractivity contribution in [2.45, 2.75) is 24.1 Å². The van der Waals surface area contributed by atoms with E-state index in [1.807, 2.05) is 29.2 Å². The number of alkyl halides is 6. The third kappa shape index (κ3) is 7.02. The fourth-order valence-electron chi connectivity index (χ4n) is 4.60. The molecule has 0 amide bonds. The van der Waals surface area contributed by atoms with Crippen LogP contribution in [0, 0.1) is 5.92 Å². The van der Waals surface area contributed by atoms with E-state index in [1.54, 1.807) is 24.3 Å². The van der Waals surface area contributed by atoms with Gasteiger partial charge in [0, 0.05) is 23.1 Å². The molecule has 0 radical (unpaired) electrons. The second kappa shape index (κ2) is 10.7. The molecule has 12 heteroatoms. The SMILES string of the molecule is O=S(=O)(Cc1cc(C(F)(F)F)cc(C(F)(F)F)c1)CC1CN(C(c2ccc(Cl)cc2)c2ccc(Cl)cc2)C1. The minimum atomic E-state index is -5.05. The van der Waals surface area contributed by atoms with E-state index in [0.717, 1.165) is 11.1 Å². The van der Waals surface area contributed by atoms with Crippen molar-refractivity contribution in [1.82, 2.24) is 4.90 Å². The molecule has 1 fully saturated rings. The Bertz CT molecular complexity index is 1310. The van der Waals surface area contributed by atoms with Crippen molar-refractivity contribution in [1.29, 1.82) is 0 Å². The predicted octanol–water partition coefficient (Wildman–Crippen LogP) is 7.67. The van der Waals surface area contributed by atoms with Crippen LogP contribution in [0.3, 0.4) is 0 Å². The molecule has 3 nitrogen and oxygen atoms in total. The molecule has 3 aromatic rings. The summed E-state index contributed by atoms with van der Waals surface area (Å²) in [5.41, 5.74) is -1.80. The summed E-state index contributed by atoms with van der Waals surface area (Å²) in [5, 5.41) is 1.11. The monoisotopic (exact) mass is 595 g/mol. The van der Waals surface area contributed by atoms with Gasteiger partial charge in [-0.3, -0.25) is 4.90 Å². The summed E-state index contributed by atoms with van der Waals surface area (Å²) in [7, 11) is -4.01. The topological polar surface area (TPSA) is 37.4 Å². The molecule has 0 N–H and O–H groups in total. The number of rotatable bonds is 7. The molecule has 0 aromatic heterocycles. The predicted molar refractivity (Wildman–Crippen MR) is 134 cm³/mol. The first kappa shape index (κ1) is 28.7. The molecule has 1 aliphatic rings. The molecule has 1 aliphatic heterocycles. The van der Waals surface area contributed by atoms with Gasteiger partial charge in [-0.05, 0) is 65.1 Å². The highest BCUT2D eigenvalue weighted by Gasteiger charge is 2.39. The molecule has 0 unspecified atom stereocenters. The van der Waals surface area contributed by atoms with Gasteiger partial charge in [-0.25, -0.2) is 8.42 Å². The fraction of sp³-hybridized carbons (Fsp3) is 0.308. The van der Waals surface area contributed by atoms with Crippen LogP contribution in [0.1, 0.15) is 33.9 Å². The van der Waals surface area contributed by atoms with E-state index in [1.165, 1.54) is 0 Å². The molecule has 204 valence electrons. The van der Waals surface area contributed by atoms with Gasteiger partial charge in [-0.1, -0.05) is 47.5 Å². The van der Waals surface area contributed by atoms with Gasteiger partial charge in [0.15, 0.2) is 9.84 Å². The largest absolute Gasteiger partial charge is 0.416 e. The van der Waals surface area contributed by atoms with E-state index in [2.05, 4.69) is 0 Å². The van der Waals surface area contributed by atoms with Crippen molar-refractivity contribution >= 4 is 33.0 Å². The maximum absolute atomic E-state index is 13.1. The van der Waals surface area contributed by atoms with Crippen LogP contribution in [0.2, 0.25) is 10.0 Å². The van der Waals surface area contributed by atoms with Gasteiger partial charge in [0.1, 0.15) is 0 Å². The third-order valence-electron chi connectivity index (χ3n) is 6.25. The molecule has 38 heavy (non-hydrogen) atoms. The van der Waals surface area contributed by atoms with Gasteiger partial charge < -0.3 is 0 Å². The van der Waals surface area contributed by atoms with E-state index >= 15 is 0 Å². The Labute approximate surface area is 225 Å². The van der Waals surface area contributed by atoms with Gasteiger partial charge in [0.05, 0.1) is 28.7 Å². The Morgan fingerprint density at radius 1 is 0.763 bits per heavy atom. The zero-order valence-electron chi connectivity index (χ0n) is 19.5. The fourth-order valence-corrected chi connectivity index (χ4v) is 6.58. The standard InChI is InChI=1S/C26H21Cl2F6NO2S/c27-22-5-1-18(2-6-22)24(19-3-7-23(28)8-4-19)35-12-17(13-35)15-38(36,37)14-16-9-20(25(29,30)31)11-21(10-16)26(32,33)34/h1-11,17,24H,12-15H2. The molecule has 0 spiro atoms. The maximum atomic E-state index is 13.1. The van der Waals surface area contributed by atoms with Crippen LogP contribution in [0.15, 0.2) is 66.7 Å². The lowest BCUT2D eigenvalue weighted by molar-refractivity contribution is -0.143. The van der Waals surface area contributed by atoms with E-state index in [9.17, 15) is 34.8 Å². The maximum Gasteiger partial charge on any atom is 0.416 e. The van der Waals surface area contributed by atoms with Crippen molar-refractivity contribution in [3.05, 3.63) is 105 Å². The van der Waals surface area contributed by atoms with Gasteiger partial charge in [0.2, 0.25) is 0 Å². The molecular weight excluding hydrogens is 575 g/mol. The lowest BCUT2D eigenvalue weighted by Crippen LogP contribution is -2.51. The van der Waals surface area contributed by atoms with Crippen molar-refractivity contribution in [2.75, 3.05) is 18.8 Å². The summed E-state index contributed by atoms with van der Waals surface area (Å²) in [6.45, 7) is 0.733. The highest BCUT2D eigenvalue weighted by Crippen LogP contribution is 2.38. The molecule has 0 atom stereocenters. The van der Waals surface area contributed by atoms with Crippen LogP contribution in [0.25, 0.3) is 0 Å². The lowest BCUT2D eigenvalue weighted by atomic mass is 9.91. The summed E-state index contributed by atoms with van der Waals surface area (Å²) >= 11 is 12.0. The van der Waals surface area contributed by atoms with Crippen LogP contribution in [-0.4, -0.2) is 32.2 Å². The Hall–Kier alpha value is -2.27. The second-order valence-electron chi connectivity index (χ2n) is 9.29. The quantitative estimate of drug-likeness (QED) is 0.263. The summed E-state index contributed by atoms with van der Waals surface area (Å²) in [5.74, 6) is -1.63. The number of likely N-dealkylation sites (tertiary alicyclic amines) is 1. The van der Waals surface area contributed by atoms with Gasteiger partial charge in [-0.2, -0.15) is 26.3 Å². The van der Waals surface area contributed by atoms with Crippen molar-refractivity contribution in [3.63, 3.8) is 0 Å². The summed E-state index contributed by atoms with van der Waals surface area (Å²) in [6.07, 6.45) is -10.1. The minimum Gasteiger partial charge on any atom is -0.292 e. The molecule has 3 aromatic carbocycles. The van der Waals surface area contributed by atoms with Gasteiger partial charge in [0.25, 0.3) is 0 Å². The van der Waals surface area contributed by atoms with Crippen molar-refractivity contribution in [2.24, 2.45) is 5.92 Å². The number of nitrogens with zero attached hydrogens (tertiary/aromatic N) is 1. The minimum absolute atomic E-state index is 0.0202. The number of benzene rings is 3. The second-order valence-corrected chi connectivity index (χ2v) is 12.3. The highest BCUT2D eigenvalue weighted by atomic mass is 35.5. The first-order chi connectivity index (χ1) is 17.6. The Morgan fingerprint density at radius 3 is 1.58 bits per heavy atom. The van der Waals surface area contributed by atoms with Crippen LogP contribution >= 0.6 is 23.2 Å². The summed E-state index contributed by atoms with van der Waals surface area (Å²) in [6, 6.07) is 15.1. The summed E-state index contributed by atoms with van der Waals surface area (Å²) < 4.78 is 105. The van der Waals surface area contributed by atoms with E-state index < -0.39 is 44.6 Å². The number of halogens is 8. The molecule has 0 saturated carbocycles. The smallest absolute Gasteiger partial charge is 0.292 e. The van der Waals surface area contributed by atoms with Crippen molar-refractivity contribution in [3.8, 4) is 0 Å². The first-order valence-corrected chi connectivity index (χ1v) is 13.9. The number of hydrogen-bond acceptors (Lipinski definition) is 3. The summed E-state index contributed by atoms with van der Waals surface area (Å²) in [4.78, 5) is 2.04. The molecule has 4 rings (SSSR count). The van der Waals surface area contributed by atoms with Crippen LogP contribution in [0.5, 0.6) is 0 Å². The third-order valence-corrected chi connectivity index (χ3v) is 8.50. The normalized spacial score (nSPS) is 15.6. The molecule has 0 bridgehead atoms. The van der Waals surface area contributed by atoms with Gasteiger partial charge in [-0.15, -0.1) is 0 Å². The van der Waals surface area contributed by atoms with Crippen LogP contribution in [-0.2, 0) is 27.9 Å². The molecule has 1 saturated heterocycles. The zero-order valence-corrected chi connectivity index (χ0v) is 21.9. The Morgan fingerprint density at radius 2 is 1.18 bits per heavy atom. The van der Waals surface area contributed by atoms with Crippen molar-refractivity contribution < 1.29 is 34.8 Å². The molecule has 1 heterocycles. The molecular formula is C26H21Cl2F6NO2S. The number of hydrogen-bond donors (Lipinski definition) is 0. The van der Waals surface area contributed by atoms with E-state index in [-0.39, 0.29) is 23.8 Å². The average molecular weight is 596 g/mol. The zero-order chi connectivity index (χ0) is 27.9. The van der Waals surface area contributed by atoms with Crippen LogP contribution in [0.4, 0.5) is 26.3 Å². The first-order valence-electron chi connectivity index (χ1n) is 11.3. The Balaban J connectivity index is 1.49. The highest BCUT2D eigenvalue weighted by molar-refractivity contribution is 7.90. The van der Waals surface area contributed by atoms with E-state index in [0.29, 0.717) is 35.3 Å². The molecule has 0 aliphatic carbocycles. The lowest BCUT2D eigenvalue weighted by Gasteiger charge is -2.44. The number of sulfone groups is 1. The average Bonchev–Trinajstić information content (AvgIpc) is 2.78. The van der Waals surface area contributed by atoms with Gasteiger partial charge >= 0.3 is 12.4 Å². The van der Waals surface area contributed by atoms with Crippen LogP contribution < -0.4 is 0 Å². The Kier molecular flexibility index (Phi) is 8.10.